The number of carbonyl (C=O) groups excluding carboxylic acids is 1. The summed E-state index contributed by atoms with van der Waals surface area (Å²) in [5, 5.41) is 13.5. The first-order valence-corrected chi connectivity index (χ1v) is 14.7. The molecule has 2 aliphatic rings. The largest absolute Gasteiger partial charge is 0.480 e. The number of ether oxygens (including phenoxy) is 1. The molecule has 2 atom stereocenters. The monoisotopic (exact) mass is 575 g/mol. The van der Waals surface area contributed by atoms with E-state index in [1.165, 1.54) is 6.07 Å². The third-order valence-corrected chi connectivity index (χ3v) is 10.1. The van der Waals surface area contributed by atoms with Crippen molar-refractivity contribution in [2.75, 3.05) is 38.2 Å². The molecular formula is C26H26ClN3O6S2. The second-order valence-corrected chi connectivity index (χ2v) is 12.8. The van der Waals surface area contributed by atoms with Crippen molar-refractivity contribution >= 4 is 50.5 Å². The lowest BCUT2D eigenvalue weighted by molar-refractivity contribution is -0.140. The van der Waals surface area contributed by atoms with E-state index in [9.17, 15) is 23.1 Å². The number of hydrogen-bond donors (Lipinski definition) is 3. The van der Waals surface area contributed by atoms with Gasteiger partial charge in [0.25, 0.3) is 10.0 Å². The predicted molar refractivity (Wildman–Crippen MR) is 145 cm³/mol. The molecule has 3 aromatic rings. The Balaban J connectivity index is 1.29. The molecule has 9 nitrogen and oxygen atoms in total. The normalized spacial score (nSPS) is 21.7. The van der Waals surface area contributed by atoms with E-state index < -0.39 is 27.4 Å². The SMILES string of the molecule is O=C(CN1CCOCC1)Nc1cccc([C@@H]2C[C@]2(NS(=O)(=O)c2ccc(-c3ccc(Cl)cc3)s2)C(=O)O)c1. The third-order valence-electron chi connectivity index (χ3n) is 6.68. The van der Waals surface area contributed by atoms with Crippen molar-refractivity contribution in [3.05, 3.63) is 71.2 Å². The zero-order chi connectivity index (χ0) is 26.9. The highest BCUT2D eigenvalue weighted by atomic mass is 35.5. The maximum Gasteiger partial charge on any atom is 0.325 e. The molecule has 3 N–H and O–H groups in total. The molecule has 0 unspecified atom stereocenters. The number of anilines is 1. The quantitative estimate of drug-likeness (QED) is 0.356. The van der Waals surface area contributed by atoms with Crippen molar-refractivity contribution in [2.24, 2.45) is 0 Å². The van der Waals surface area contributed by atoms with E-state index in [2.05, 4.69) is 10.0 Å². The number of amides is 1. The molecule has 1 amide bonds. The Bertz CT molecular complexity index is 1450. The third kappa shape index (κ3) is 5.78. The molecule has 1 aliphatic carbocycles. The number of halogens is 1. The molecule has 0 radical (unpaired) electrons. The summed E-state index contributed by atoms with van der Waals surface area (Å²) in [5.74, 6) is -2.01. The molecule has 5 rings (SSSR count). The number of benzene rings is 2. The van der Waals surface area contributed by atoms with Crippen LogP contribution in [-0.2, 0) is 24.3 Å². The van der Waals surface area contributed by atoms with E-state index in [0.29, 0.717) is 42.6 Å². The van der Waals surface area contributed by atoms with Crippen molar-refractivity contribution in [1.29, 1.82) is 0 Å². The van der Waals surface area contributed by atoms with Gasteiger partial charge in [0.1, 0.15) is 9.75 Å². The van der Waals surface area contributed by atoms with E-state index >= 15 is 0 Å². The minimum Gasteiger partial charge on any atom is -0.480 e. The zero-order valence-electron chi connectivity index (χ0n) is 20.2. The summed E-state index contributed by atoms with van der Waals surface area (Å²) in [7, 11) is -4.11. The average molecular weight is 576 g/mol. The number of aliphatic carboxylic acids is 1. The lowest BCUT2D eigenvalue weighted by Crippen LogP contribution is -2.44. The number of rotatable bonds is 9. The molecule has 1 saturated heterocycles. The molecular weight excluding hydrogens is 550 g/mol. The van der Waals surface area contributed by atoms with Crippen LogP contribution in [0.4, 0.5) is 5.69 Å². The van der Waals surface area contributed by atoms with E-state index in [1.54, 1.807) is 54.6 Å². The number of nitrogens with one attached hydrogen (secondary N) is 2. The first-order chi connectivity index (χ1) is 18.2. The van der Waals surface area contributed by atoms with Gasteiger partial charge in [-0.05, 0) is 53.9 Å². The van der Waals surface area contributed by atoms with Crippen molar-refractivity contribution in [3.8, 4) is 10.4 Å². The molecule has 0 bridgehead atoms. The Morgan fingerprint density at radius 3 is 2.55 bits per heavy atom. The van der Waals surface area contributed by atoms with E-state index in [4.69, 9.17) is 16.3 Å². The molecule has 12 heteroatoms. The first-order valence-electron chi connectivity index (χ1n) is 12.0. The van der Waals surface area contributed by atoms with Crippen LogP contribution >= 0.6 is 22.9 Å². The Morgan fingerprint density at radius 1 is 1.11 bits per heavy atom. The van der Waals surface area contributed by atoms with Crippen LogP contribution in [0.25, 0.3) is 10.4 Å². The Labute approximate surface area is 229 Å². The van der Waals surface area contributed by atoms with Gasteiger partial charge in [-0.25, -0.2) is 8.42 Å². The highest BCUT2D eigenvalue weighted by molar-refractivity contribution is 7.91. The number of thiophene rings is 1. The minimum atomic E-state index is -4.11. The number of sulfonamides is 1. The molecule has 2 fully saturated rings. The summed E-state index contributed by atoms with van der Waals surface area (Å²) < 4.78 is 34.2. The second-order valence-electron chi connectivity index (χ2n) is 9.33. The summed E-state index contributed by atoms with van der Waals surface area (Å²) in [5.41, 5.74) is 0.304. The molecule has 1 aromatic heterocycles. The summed E-state index contributed by atoms with van der Waals surface area (Å²) in [6.07, 6.45) is 0.0994. The van der Waals surface area contributed by atoms with Gasteiger partial charge >= 0.3 is 5.97 Å². The molecule has 1 saturated carbocycles. The molecule has 38 heavy (non-hydrogen) atoms. The topological polar surface area (TPSA) is 125 Å². The fourth-order valence-corrected chi connectivity index (χ4v) is 7.42. The first kappa shape index (κ1) is 26.8. The van der Waals surface area contributed by atoms with Gasteiger partial charge in [-0.15, -0.1) is 11.3 Å². The minimum absolute atomic E-state index is 0.0258. The predicted octanol–water partition coefficient (Wildman–Crippen LogP) is 3.63. The summed E-state index contributed by atoms with van der Waals surface area (Å²) in [6.45, 7) is 2.77. The van der Waals surface area contributed by atoms with E-state index in [-0.39, 0.29) is 23.1 Å². The lowest BCUT2D eigenvalue weighted by atomic mass is 10.1. The second kappa shape index (κ2) is 10.8. The zero-order valence-corrected chi connectivity index (χ0v) is 22.6. The summed E-state index contributed by atoms with van der Waals surface area (Å²) in [6, 6.07) is 17.1. The Morgan fingerprint density at radius 2 is 1.84 bits per heavy atom. The number of carbonyl (C=O) groups is 2. The maximum atomic E-state index is 13.2. The number of carboxylic acids is 1. The number of carboxylic acid groups (broad SMARTS) is 1. The van der Waals surface area contributed by atoms with Gasteiger partial charge in [0.15, 0.2) is 0 Å². The highest BCUT2D eigenvalue weighted by Gasteiger charge is 2.63. The van der Waals surface area contributed by atoms with Crippen molar-refractivity contribution < 1.29 is 27.9 Å². The molecule has 200 valence electrons. The van der Waals surface area contributed by atoms with Gasteiger partial charge in [-0.3, -0.25) is 14.5 Å². The highest BCUT2D eigenvalue weighted by Crippen LogP contribution is 2.53. The Kier molecular flexibility index (Phi) is 7.58. The van der Waals surface area contributed by atoms with Crippen molar-refractivity contribution in [1.82, 2.24) is 9.62 Å². The van der Waals surface area contributed by atoms with Gasteiger partial charge < -0.3 is 15.2 Å². The van der Waals surface area contributed by atoms with Crippen molar-refractivity contribution in [3.63, 3.8) is 0 Å². The standard InChI is InChI=1S/C26H26ClN3O6S2/c27-19-6-4-17(5-7-19)22-8-9-24(37-22)38(34,35)29-26(25(32)33)15-21(26)18-2-1-3-20(14-18)28-23(31)16-30-10-12-36-13-11-30/h1-9,14,21,29H,10-13,15-16H2,(H,28,31)(H,32,33)/t21-,26+/m0/s1. The Hall–Kier alpha value is -2.80. The van der Waals surface area contributed by atoms with Crippen molar-refractivity contribution in [2.45, 2.75) is 22.1 Å². The van der Waals surface area contributed by atoms with Gasteiger partial charge in [-0.2, -0.15) is 4.72 Å². The maximum absolute atomic E-state index is 13.2. The lowest BCUT2D eigenvalue weighted by Gasteiger charge is -2.25. The molecule has 0 spiro atoms. The van der Waals surface area contributed by atoms with Crippen LogP contribution in [0, 0.1) is 0 Å². The van der Waals surface area contributed by atoms with E-state index in [1.807, 2.05) is 4.90 Å². The molecule has 2 aromatic carbocycles. The summed E-state index contributed by atoms with van der Waals surface area (Å²) in [4.78, 5) is 27.5. The molecule has 1 aliphatic heterocycles. The van der Waals surface area contributed by atoms with Crippen LogP contribution in [-0.4, -0.2) is 68.7 Å². The smallest absolute Gasteiger partial charge is 0.325 e. The van der Waals surface area contributed by atoms with Gasteiger partial charge in [0, 0.05) is 34.6 Å². The number of hydrogen-bond acceptors (Lipinski definition) is 7. The van der Waals surface area contributed by atoms with Crippen LogP contribution in [0.2, 0.25) is 5.02 Å². The van der Waals surface area contributed by atoms with Crippen LogP contribution in [0.15, 0.2) is 64.9 Å². The number of morpholine rings is 1. The van der Waals surface area contributed by atoms with Gasteiger partial charge in [0.05, 0.1) is 19.8 Å². The number of nitrogens with zero attached hydrogens (tertiary/aromatic N) is 1. The summed E-state index contributed by atoms with van der Waals surface area (Å²) >= 11 is 6.99. The van der Waals surface area contributed by atoms with Crippen LogP contribution in [0.1, 0.15) is 17.9 Å². The van der Waals surface area contributed by atoms with Crippen LogP contribution in [0.3, 0.4) is 0 Å². The van der Waals surface area contributed by atoms with E-state index in [0.717, 1.165) is 21.8 Å². The van der Waals surface area contributed by atoms with Gasteiger partial charge in [-0.1, -0.05) is 35.9 Å². The van der Waals surface area contributed by atoms with Crippen LogP contribution < -0.4 is 10.0 Å². The average Bonchev–Trinajstić information content (AvgIpc) is 3.38. The fraction of sp³-hybridized carbons (Fsp3) is 0.308. The molecule has 2 heterocycles. The van der Waals surface area contributed by atoms with Crippen LogP contribution in [0.5, 0.6) is 0 Å². The van der Waals surface area contributed by atoms with Gasteiger partial charge in [0.2, 0.25) is 5.91 Å². The fourth-order valence-electron chi connectivity index (χ4n) is 4.58.